The summed E-state index contributed by atoms with van der Waals surface area (Å²) < 4.78 is 5.69. The first-order chi connectivity index (χ1) is 13.8. The molecule has 1 atom stereocenters. The van der Waals surface area contributed by atoms with E-state index in [0.717, 1.165) is 5.56 Å². The smallest absolute Gasteiger partial charge is 0.261 e. The molecule has 5 nitrogen and oxygen atoms in total. The van der Waals surface area contributed by atoms with Crippen molar-refractivity contribution in [1.29, 1.82) is 0 Å². The van der Waals surface area contributed by atoms with Crippen molar-refractivity contribution in [3.05, 3.63) is 64.7 Å². The number of nitrogens with one attached hydrogen (secondary N) is 1. The molecule has 0 fully saturated rings. The summed E-state index contributed by atoms with van der Waals surface area (Å²) in [6.45, 7) is 8.42. The molecule has 0 saturated heterocycles. The van der Waals surface area contributed by atoms with Crippen LogP contribution in [0.15, 0.2) is 48.5 Å². The quantitative estimate of drug-likeness (QED) is 0.659. The van der Waals surface area contributed by atoms with E-state index in [4.69, 9.17) is 16.3 Å². The molecule has 0 spiro atoms. The molecule has 1 N–H and O–H groups in total. The molecule has 0 saturated carbocycles. The Balaban J connectivity index is 2.11. The predicted octanol–water partition coefficient (Wildman–Crippen LogP) is 4.40. The molecule has 0 aromatic heterocycles. The standard InChI is InChI=1S/C23H29ClN2O3/c1-5-25-23(28)17(4)26(14-18-7-6-8-20(24)13-18)22(27)15-29-21-11-9-19(10-12-21)16(2)3/h6-13,16-17H,5,14-15H2,1-4H3,(H,25,28)/t17-/m1/s1. The summed E-state index contributed by atoms with van der Waals surface area (Å²) in [5, 5.41) is 3.35. The normalized spacial score (nSPS) is 11.8. The van der Waals surface area contributed by atoms with Crippen LogP contribution in [-0.2, 0) is 16.1 Å². The molecule has 0 aliphatic carbocycles. The van der Waals surface area contributed by atoms with E-state index in [9.17, 15) is 9.59 Å². The van der Waals surface area contributed by atoms with Crippen LogP contribution in [0.25, 0.3) is 0 Å². The van der Waals surface area contributed by atoms with Gasteiger partial charge in [-0.15, -0.1) is 0 Å². The van der Waals surface area contributed by atoms with Gasteiger partial charge in [0, 0.05) is 18.1 Å². The Morgan fingerprint density at radius 1 is 1.10 bits per heavy atom. The summed E-state index contributed by atoms with van der Waals surface area (Å²) >= 11 is 6.07. The third kappa shape index (κ3) is 6.79. The molecule has 29 heavy (non-hydrogen) atoms. The Labute approximate surface area is 178 Å². The van der Waals surface area contributed by atoms with Crippen LogP contribution in [0.4, 0.5) is 0 Å². The number of hydrogen-bond acceptors (Lipinski definition) is 3. The van der Waals surface area contributed by atoms with Crippen molar-refractivity contribution >= 4 is 23.4 Å². The number of halogens is 1. The van der Waals surface area contributed by atoms with E-state index in [1.165, 1.54) is 10.5 Å². The van der Waals surface area contributed by atoms with Crippen LogP contribution in [-0.4, -0.2) is 35.9 Å². The molecule has 156 valence electrons. The zero-order chi connectivity index (χ0) is 21.4. The highest BCUT2D eigenvalue weighted by Crippen LogP contribution is 2.19. The lowest BCUT2D eigenvalue weighted by Crippen LogP contribution is -2.49. The Kier molecular flexibility index (Phi) is 8.52. The van der Waals surface area contributed by atoms with Crippen molar-refractivity contribution in [2.24, 2.45) is 0 Å². The molecule has 0 radical (unpaired) electrons. The minimum atomic E-state index is -0.631. The molecule has 2 aromatic carbocycles. The van der Waals surface area contributed by atoms with Gasteiger partial charge >= 0.3 is 0 Å². The Hall–Kier alpha value is -2.53. The van der Waals surface area contributed by atoms with Crippen LogP contribution in [0.5, 0.6) is 5.75 Å². The lowest BCUT2D eigenvalue weighted by molar-refractivity contribution is -0.142. The molecule has 6 heteroatoms. The van der Waals surface area contributed by atoms with Gasteiger partial charge in [0.2, 0.25) is 5.91 Å². The predicted molar refractivity (Wildman–Crippen MR) is 116 cm³/mol. The Bertz CT molecular complexity index is 821. The number of carbonyl (C=O) groups excluding carboxylic acids is 2. The fraction of sp³-hybridized carbons (Fsp3) is 0.391. The molecule has 0 aliphatic heterocycles. The van der Waals surface area contributed by atoms with Crippen LogP contribution in [0.2, 0.25) is 5.02 Å². The Morgan fingerprint density at radius 2 is 1.79 bits per heavy atom. The van der Waals surface area contributed by atoms with Crippen LogP contribution >= 0.6 is 11.6 Å². The van der Waals surface area contributed by atoms with Gasteiger partial charge in [-0.3, -0.25) is 9.59 Å². The van der Waals surface area contributed by atoms with Crippen molar-refractivity contribution < 1.29 is 14.3 Å². The van der Waals surface area contributed by atoms with Gasteiger partial charge in [-0.2, -0.15) is 0 Å². The van der Waals surface area contributed by atoms with E-state index >= 15 is 0 Å². The fourth-order valence-corrected chi connectivity index (χ4v) is 3.13. The molecule has 0 heterocycles. The van der Waals surface area contributed by atoms with Crippen molar-refractivity contribution in [1.82, 2.24) is 10.2 Å². The molecular weight excluding hydrogens is 388 g/mol. The summed E-state index contributed by atoms with van der Waals surface area (Å²) in [5.74, 6) is 0.578. The van der Waals surface area contributed by atoms with E-state index in [1.54, 1.807) is 19.1 Å². The molecule has 2 rings (SSSR count). The second-order valence-corrected chi connectivity index (χ2v) is 7.67. The second-order valence-electron chi connectivity index (χ2n) is 7.23. The van der Waals surface area contributed by atoms with Gasteiger partial charge in [-0.1, -0.05) is 49.7 Å². The summed E-state index contributed by atoms with van der Waals surface area (Å²) in [6.07, 6.45) is 0. The maximum Gasteiger partial charge on any atom is 0.261 e. The van der Waals surface area contributed by atoms with Crippen molar-refractivity contribution in [2.45, 2.75) is 46.2 Å². The van der Waals surface area contributed by atoms with E-state index in [-0.39, 0.29) is 25.0 Å². The number of carbonyl (C=O) groups is 2. The number of benzene rings is 2. The SMILES string of the molecule is CCNC(=O)[C@@H](C)N(Cc1cccc(Cl)c1)C(=O)COc1ccc(C(C)C)cc1. The number of nitrogens with zero attached hydrogens (tertiary/aromatic N) is 1. The first-order valence-electron chi connectivity index (χ1n) is 9.86. The third-order valence-electron chi connectivity index (χ3n) is 4.67. The van der Waals surface area contributed by atoms with Gasteiger partial charge in [-0.05, 0) is 55.2 Å². The molecule has 2 amide bonds. The average molecular weight is 417 g/mol. The molecule has 0 bridgehead atoms. The van der Waals surface area contributed by atoms with Crippen LogP contribution in [0, 0.1) is 0 Å². The lowest BCUT2D eigenvalue weighted by Gasteiger charge is -2.28. The number of ether oxygens (including phenoxy) is 1. The highest BCUT2D eigenvalue weighted by Gasteiger charge is 2.26. The molecular formula is C23H29ClN2O3. The number of likely N-dealkylation sites (N-methyl/N-ethyl adjacent to an activating group) is 1. The zero-order valence-corrected chi connectivity index (χ0v) is 18.2. The van der Waals surface area contributed by atoms with E-state index in [1.807, 2.05) is 43.3 Å². The monoisotopic (exact) mass is 416 g/mol. The number of amides is 2. The minimum Gasteiger partial charge on any atom is -0.484 e. The summed E-state index contributed by atoms with van der Waals surface area (Å²) in [6, 6.07) is 14.3. The highest BCUT2D eigenvalue weighted by atomic mass is 35.5. The number of rotatable bonds is 9. The second kappa shape index (κ2) is 10.9. The van der Waals surface area contributed by atoms with Gasteiger partial charge in [0.25, 0.3) is 5.91 Å². The zero-order valence-electron chi connectivity index (χ0n) is 17.4. The van der Waals surface area contributed by atoms with Crippen molar-refractivity contribution in [3.63, 3.8) is 0 Å². The van der Waals surface area contributed by atoms with Crippen LogP contribution in [0.3, 0.4) is 0 Å². The average Bonchev–Trinajstić information content (AvgIpc) is 2.70. The maximum absolute atomic E-state index is 12.9. The van der Waals surface area contributed by atoms with Gasteiger partial charge in [0.1, 0.15) is 11.8 Å². The summed E-state index contributed by atoms with van der Waals surface area (Å²) in [4.78, 5) is 26.8. The van der Waals surface area contributed by atoms with Gasteiger partial charge < -0.3 is 15.0 Å². The van der Waals surface area contributed by atoms with Gasteiger partial charge in [0.15, 0.2) is 6.61 Å². The van der Waals surface area contributed by atoms with Crippen molar-refractivity contribution in [2.75, 3.05) is 13.2 Å². The molecule has 2 aromatic rings. The minimum absolute atomic E-state index is 0.147. The largest absolute Gasteiger partial charge is 0.484 e. The van der Waals surface area contributed by atoms with E-state index in [0.29, 0.717) is 23.2 Å². The fourth-order valence-electron chi connectivity index (χ4n) is 2.91. The topological polar surface area (TPSA) is 58.6 Å². The maximum atomic E-state index is 12.9. The van der Waals surface area contributed by atoms with E-state index < -0.39 is 6.04 Å². The molecule has 0 aliphatic rings. The van der Waals surface area contributed by atoms with Crippen LogP contribution < -0.4 is 10.1 Å². The van der Waals surface area contributed by atoms with Crippen LogP contribution in [0.1, 0.15) is 44.7 Å². The highest BCUT2D eigenvalue weighted by molar-refractivity contribution is 6.30. The first-order valence-corrected chi connectivity index (χ1v) is 10.2. The van der Waals surface area contributed by atoms with Crippen molar-refractivity contribution in [3.8, 4) is 5.75 Å². The third-order valence-corrected chi connectivity index (χ3v) is 4.90. The Morgan fingerprint density at radius 3 is 2.38 bits per heavy atom. The lowest BCUT2D eigenvalue weighted by atomic mass is 10.0. The first kappa shape index (κ1) is 22.8. The number of hydrogen-bond donors (Lipinski definition) is 1. The molecule has 0 unspecified atom stereocenters. The summed E-state index contributed by atoms with van der Waals surface area (Å²) in [7, 11) is 0. The van der Waals surface area contributed by atoms with Gasteiger partial charge in [-0.25, -0.2) is 0 Å². The van der Waals surface area contributed by atoms with Gasteiger partial charge in [0.05, 0.1) is 0 Å². The van der Waals surface area contributed by atoms with E-state index in [2.05, 4.69) is 19.2 Å². The summed E-state index contributed by atoms with van der Waals surface area (Å²) in [5.41, 5.74) is 2.06.